The minimum absolute atomic E-state index is 0. The molecule has 1 aromatic heterocycles. The summed E-state index contributed by atoms with van der Waals surface area (Å²) < 4.78 is 46.6. The van der Waals surface area contributed by atoms with E-state index < -0.39 is 35.5 Å². The molecule has 0 radical (unpaired) electrons. The van der Waals surface area contributed by atoms with Gasteiger partial charge in [0, 0.05) is 39.6 Å². The molecular formula is C32H34F3N5O4. The summed E-state index contributed by atoms with van der Waals surface area (Å²) in [5.41, 5.74) is 2.74. The Labute approximate surface area is 254 Å². The van der Waals surface area contributed by atoms with E-state index >= 15 is 0 Å². The van der Waals surface area contributed by atoms with Crippen LogP contribution in [0.25, 0.3) is 0 Å². The predicted molar refractivity (Wildman–Crippen MR) is 163 cm³/mol. The van der Waals surface area contributed by atoms with Gasteiger partial charge in [-0.2, -0.15) is 13.2 Å². The number of benzene rings is 2. The summed E-state index contributed by atoms with van der Waals surface area (Å²) in [4.78, 5) is 48.3. The van der Waals surface area contributed by atoms with E-state index in [0.29, 0.717) is 23.7 Å². The lowest BCUT2D eigenvalue weighted by atomic mass is 9.94. The second-order valence-electron chi connectivity index (χ2n) is 11.0. The number of hydrogen-bond acceptors (Lipinski definition) is 6. The van der Waals surface area contributed by atoms with Crippen molar-refractivity contribution in [3.05, 3.63) is 83.6 Å². The number of rotatable bonds is 6. The zero-order valence-corrected chi connectivity index (χ0v) is 24.7. The maximum absolute atomic E-state index is 14.1. The molecule has 1 saturated heterocycles. The molecule has 2 aliphatic heterocycles. The number of hydrogen-bond donors (Lipinski definition) is 1. The number of para-hydroxylation sites is 1. The Morgan fingerprint density at radius 1 is 1.18 bits per heavy atom. The molecule has 2 atom stereocenters. The molecule has 3 aromatic rings. The summed E-state index contributed by atoms with van der Waals surface area (Å²) in [7, 11) is 3.10. The highest BCUT2D eigenvalue weighted by Gasteiger charge is 2.49. The monoisotopic (exact) mass is 609 g/mol. The minimum atomic E-state index is -4.65. The first-order valence-electron chi connectivity index (χ1n) is 13.9. The van der Waals surface area contributed by atoms with Crippen LogP contribution in [0.5, 0.6) is 5.75 Å². The van der Waals surface area contributed by atoms with Crippen molar-refractivity contribution in [1.82, 2.24) is 4.98 Å². The fourth-order valence-corrected chi connectivity index (χ4v) is 5.99. The predicted octanol–water partition coefficient (Wildman–Crippen LogP) is 5.50. The van der Waals surface area contributed by atoms with E-state index in [-0.39, 0.29) is 31.8 Å². The molecule has 44 heavy (non-hydrogen) atoms. The summed E-state index contributed by atoms with van der Waals surface area (Å²) in [5, 5.41) is 2.71. The lowest BCUT2D eigenvalue weighted by molar-refractivity contribution is -0.137. The van der Waals surface area contributed by atoms with Crippen molar-refractivity contribution in [2.24, 2.45) is 5.92 Å². The Morgan fingerprint density at radius 3 is 2.61 bits per heavy atom. The van der Waals surface area contributed by atoms with Crippen LogP contribution in [-0.2, 0) is 27.1 Å². The number of nitrogens with zero attached hydrogens (tertiary/aromatic N) is 4. The maximum Gasteiger partial charge on any atom is 0.416 e. The minimum Gasteiger partial charge on any atom is -0.495 e. The number of ether oxygens (including phenoxy) is 1. The molecule has 0 unspecified atom stereocenters. The maximum atomic E-state index is 14.1. The molecule has 0 spiro atoms. The number of carbonyl (C=O) groups excluding carboxylic acids is 3. The molecule has 0 aliphatic carbocycles. The zero-order valence-electron chi connectivity index (χ0n) is 24.7. The summed E-state index contributed by atoms with van der Waals surface area (Å²) in [6.07, 6.45) is -3.54. The van der Waals surface area contributed by atoms with E-state index in [4.69, 9.17) is 4.74 Å². The Morgan fingerprint density at radius 2 is 1.93 bits per heavy atom. The van der Waals surface area contributed by atoms with Crippen LogP contribution in [0.4, 0.5) is 36.1 Å². The van der Waals surface area contributed by atoms with Crippen molar-refractivity contribution < 1.29 is 33.7 Å². The second kappa shape index (κ2) is 11.7. The molecule has 3 heterocycles. The molecule has 232 valence electrons. The highest BCUT2D eigenvalue weighted by atomic mass is 19.4. The first-order valence-corrected chi connectivity index (χ1v) is 13.9. The molecule has 2 aromatic carbocycles. The van der Waals surface area contributed by atoms with Crippen molar-refractivity contribution in [3.8, 4) is 5.75 Å². The molecule has 0 saturated carbocycles. The van der Waals surface area contributed by atoms with Crippen molar-refractivity contribution >= 4 is 40.6 Å². The van der Waals surface area contributed by atoms with E-state index in [1.54, 1.807) is 25.2 Å². The largest absolute Gasteiger partial charge is 0.495 e. The third kappa shape index (κ3) is 5.71. The molecule has 1 N–H and O–H groups in total. The average molecular weight is 610 g/mol. The number of likely N-dealkylation sites (N-methyl/N-ethyl adjacent to an activating group) is 1. The van der Waals surface area contributed by atoms with Gasteiger partial charge in [0.2, 0.25) is 17.7 Å². The Bertz CT molecular complexity index is 1660. The number of fused-ring (bicyclic) bond motifs is 2. The lowest BCUT2D eigenvalue weighted by Crippen LogP contribution is -2.52. The van der Waals surface area contributed by atoms with Crippen molar-refractivity contribution in [2.75, 3.05) is 40.7 Å². The number of carbonyl (C=O) groups is 3. The topological polar surface area (TPSA) is 95.1 Å². The van der Waals surface area contributed by atoms with E-state index in [2.05, 4.69) is 21.8 Å². The summed E-state index contributed by atoms with van der Waals surface area (Å²) in [6.45, 7) is 7.44. The molecule has 1 fully saturated rings. The Kier molecular flexibility index (Phi) is 8.11. The van der Waals surface area contributed by atoms with Gasteiger partial charge in [0.1, 0.15) is 17.6 Å². The second-order valence-corrected chi connectivity index (χ2v) is 11.0. The summed E-state index contributed by atoms with van der Waals surface area (Å²) in [5.74, 6) is -1.57. The summed E-state index contributed by atoms with van der Waals surface area (Å²) >= 11 is 0. The van der Waals surface area contributed by atoms with Crippen molar-refractivity contribution in [3.63, 3.8) is 0 Å². The van der Waals surface area contributed by atoms with Crippen LogP contribution in [0.2, 0.25) is 0 Å². The number of aromatic nitrogens is 1. The quantitative estimate of drug-likeness (QED) is 0.371. The van der Waals surface area contributed by atoms with Gasteiger partial charge in [-0.15, -0.1) is 0 Å². The number of pyridine rings is 1. The average Bonchev–Trinajstić information content (AvgIpc) is 3.30. The third-order valence-corrected chi connectivity index (χ3v) is 7.96. The van der Waals surface area contributed by atoms with Gasteiger partial charge in [-0.25, -0.2) is 4.98 Å². The van der Waals surface area contributed by atoms with Crippen LogP contribution in [0.15, 0.2) is 61.2 Å². The van der Waals surface area contributed by atoms with Gasteiger partial charge < -0.3 is 19.9 Å². The number of nitrogens with one attached hydrogen (secondary N) is 1. The number of amides is 3. The van der Waals surface area contributed by atoms with E-state index in [9.17, 15) is 27.6 Å². The first-order chi connectivity index (χ1) is 20.8. The van der Waals surface area contributed by atoms with Crippen LogP contribution in [-0.4, -0.2) is 49.4 Å². The number of halogens is 3. The van der Waals surface area contributed by atoms with Crippen LogP contribution < -0.4 is 24.8 Å². The van der Waals surface area contributed by atoms with Crippen LogP contribution in [0, 0.1) is 19.8 Å². The fraction of sp³-hybridized carbons (Fsp3) is 0.312. The van der Waals surface area contributed by atoms with E-state index in [0.717, 1.165) is 39.9 Å². The first kappa shape index (κ1) is 30.6. The highest BCUT2D eigenvalue weighted by Crippen LogP contribution is 2.42. The lowest BCUT2D eigenvalue weighted by Gasteiger charge is -2.39. The Hall–Kier alpha value is -4.87. The van der Waals surface area contributed by atoms with Gasteiger partial charge in [-0.1, -0.05) is 24.8 Å². The normalized spacial score (nSPS) is 18.4. The van der Waals surface area contributed by atoms with E-state index in [1.807, 2.05) is 25.1 Å². The van der Waals surface area contributed by atoms with Crippen molar-refractivity contribution in [2.45, 2.75) is 39.0 Å². The van der Waals surface area contributed by atoms with Gasteiger partial charge >= 0.3 is 6.18 Å². The van der Waals surface area contributed by atoms with Crippen LogP contribution in [0.1, 0.15) is 30.2 Å². The summed E-state index contributed by atoms with van der Waals surface area (Å²) in [6, 6.07) is 11.6. The van der Waals surface area contributed by atoms with Crippen LogP contribution >= 0.6 is 0 Å². The molecule has 12 heteroatoms. The van der Waals surface area contributed by atoms with Gasteiger partial charge in [-0.3, -0.25) is 19.3 Å². The van der Waals surface area contributed by atoms with Crippen LogP contribution in [0.3, 0.4) is 0 Å². The SMILES string of the molecule is C=CC(=O)Nc1ccc(CN2C[C@H]3CC(=O)N(c4cc(C(F)(F)F)cc(C)n4)[C@@H]3C(=O)N(C)c3cccc(C)c32)cc1OC.[HH]. The highest BCUT2D eigenvalue weighted by molar-refractivity contribution is 6.10. The molecule has 3 amide bonds. The van der Waals surface area contributed by atoms with Gasteiger partial charge in [0.05, 0.1) is 29.7 Å². The fourth-order valence-electron chi connectivity index (χ4n) is 5.99. The molecule has 5 rings (SSSR count). The standard InChI is InChI=1S/C32H32F3N5O4.H2/c1-6-27(41)37-23-11-10-20(13-25(23)44-5)16-39-17-21-14-28(42)40(26-15-22(32(33,34)35)12-19(3)36-26)30(21)31(43)38(4)24-9-7-8-18(2)29(24)39;/h6-13,15,21,30H,1,14,16-17H2,2-5H3,(H,37,41);1H/t21-,30+;/m1./s1. The third-order valence-electron chi connectivity index (χ3n) is 7.96. The van der Waals surface area contributed by atoms with Crippen molar-refractivity contribution in [1.29, 1.82) is 0 Å². The van der Waals surface area contributed by atoms with Gasteiger partial charge in [0.25, 0.3) is 0 Å². The molecule has 9 nitrogen and oxygen atoms in total. The number of aryl methyl sites for hydroxylation is 2. The number of alkyl halides is 3. The van der Waals surface area contributed by atoms with E-state index in [1.165, 1.54) is 18.9 Å². The number of anilines is 4. The van der Waals surface area contributed by atoms with Gasteiger partial charge in [-0.05, 0) is 61.4 Å². The zero-order chi connectivity index (χ0) is 31.9. The van der Waals surface area contributed by atoms with Gasteiger partial charge in [0.15, 0.2) is 0 Å². The number of methoxy groups -OCH3 is 1. The smallest absolute Gasteiger partial charge is 0.416 e. The molecule has 2 aliphatic rings. The molecule has 0 bridgehead atoms. The molecular weight excluding hydrogens is 575 g/mol. The Balaban J connectivity index is 0.00000461.